The van der Waals surface area contributed by atoms with E-state index >= 15 is 0 Å². The first-order valence-electron chi connectivity index (χ1n) is 5.27. The predicted octanol–water partition coefficient (Wildman–Crippen LogP) is 2.75. The first-order chi connectivity index (χ1) is 8.91. The molecule has 2 aromatic rings. The molecule has 4 nitrogen and oxygen atoms in total. The molecule has 7 heteroatoms. The summed E-state index contributed by atoms with van der Waals surface area (Å²) in [4.78, 5) is 7.55. The third kappa shape index (κ3) is 2.75. The molecule has 0 fully saturated rings. The number of nitrogens with zero attached hydrogens (tertiary/aromatic N) is 2. The molecule has 2 N–H and O–H groups in total. The van der Waals surface area contributed by atoms with Crippen molar-refractivity contribution >= 4 is 5.95 Å². The van der Waals surface area contributed by atoms with Crippen LogP contribution in [0.5, 0.6) is 5.88 Å². The van der Waals surface area contributed by atoms with Crippen LogP contribution in [0.2, 0.25) is 0 Å². The number of rotatable bonds is 2. The lowest BCUT2D eigenvalue weighted by molar-refractivity contribution is -0.137. The minimum Gasteiger partial charge on any atom is -0.481 e. The van der Waals surface area contributed by atoms with Gasteiger partial charge in [0.25, 0.3) is 0 Å². The number of benzene rings is 1. The number of methoxy groups -OCH3 is 1. The fourth-order valence-corrected chi connectivity index (χ4v) is 1.64. The van der Waals surface area contributed by atoms with Crippen molar-refractivity contribution in [3.63, 3.8) is 0 Å². The van der Waals surface area contributed by atoms with Gasteiger partial charge in [-0.3, -0.25) is 0 Å². The quantitative estimate of drug-likeness (QED) is 0.910. The summed E-state index contributed by atoms with van der Waals surface area (Å²) in [6, 6.07) is 6.43. The van der Waals surface area contributed by atoms with E-state index < -0.39 is 11.7 Å². The van der Waals surface area contributed by atoms with E-state index in [1.807, 2.05) is 0 Å². The van der Waals surface area contributed by atoms with Crippen molar-refractivity contribution in [3.05, 3.63) is 35.9 Å². The van der Waals surface area contributed by atoms with Crippen LogP contribution in [0.25, 0.3) is 11.3 Å². The van der Waals surface area contributed by atoms with Crippen molar-refractivity contribution in [2.24, 2.45) is 0 Å². The number of hydrogen-bond acceptors (Lipinski definition) is 4. The molecule has 1 aromatic carbocycles. The number of alkyl halides is 3. The number of hydrogen-bond donors (Lipinski definition) is 1. The molecule has 0 bridgehead atoms. The molecular formula is C12H10F3N3O. The predicted molar refractivity (Wildman–Crippen MR) is 63.4 cm³/mol. The minimum absolute atomic E-state index is 0.0669. The van der Waals surface area contributed by atoms with E-state index in [4.69, 9.17) is 10.5 Å². The van der Waals surface area contributed by atoms with Crippen LogP contribution in [0.4, 0.5) is 19.1 Å². The zero-order chi connectivity index (χ0) is 14.0. The zero-order valence-electron chi connectivity index (χ0n) is 9.90. The van der Waals surface area contributed by atoms with E-state index in [2.05, 4.69) is 9.97 Å². The lowest BCUT2D eigenvalue weighted by Crippen LogP contribution is -2.08. The van der Waals surface area contributed by atoms with Crippen LogP contribution in [0.3, 0.4) is 0 Å². The average molecular weight is 269 g/mol. The summed E-state index contributed by atoms with van der Waals surface area (Å²) in [5.41, 5.74) is 4.67. The molecule has 0 unspecified atom stereocenters. The Morgan fingerprint density at radius 1 is 1.16 bits per heavy atom. The maximum atomic E-state index is 12.9. The van der Waals surface area contributed by atoms with Gasteiger partial charge < -0.3 is 10.5 Å². The molecular weight excluding hydrogens is 259 g/mol. The van der Waals surface area contributed by atoms with E-state index in [1.54, 1.807) is 0 Å². The van der Waals surface area contributed by atoms with Gasteiger partial charge in [-0.2, -0.15) is 18.2 Å². The van der Waals surface area contributed by atoms with Crippen LogP contribution >= 0.6 is 0 Å². The van der Waals surface area contributed by atoms with Crippen LogP contribution < -0.4 is 10.5 Å². The van der Waals surface area contributed by atoms with Gasteiger partial charge in [-0.05, 0) is 6.07 Å². The Kier molecular flexibility index (Phi) is 3.28. The van der Waals surface area contributed by atoms with Crippen molar-refractivity contribution in [1.29, 1.82) is 0 Å². The fourth-order valence-electron chi connectivity index (χ4n) is 1.64. The van der Waals surface area contributed by atoms with Crippen LogP contribution in [0.15, 0.2) is 30.3 Å². The summed E-state index contributed by atoms with van der Waals surface area (Å²) in [7, 11) is 1.35. The van der Waals surface area contributed by atoms with Gasteiger partial charge in [0.1, 0.15) is 0 Å². The third-order valence-corrected chi connectivity index (χ3v) is 2.44. The molecule has 0 radical (unpaired) electrons. The second-order valence-electron chi connectivity index (χ2n) is 3.70. The normalized spacial score (nSPS) is 11.4. The first-order valence-corrected chi connectivity index (χ1v) is 5.27. The van der Waals surface area contributed by atoms with Gasteiger partial charge in [-0.1, -0.05) is 18.2 Å². The average Bonchev–Trinajstić information content (AvgIpc) is 2.37. The SMILES string of the molecule is COc1cc(-c2ccccc2C(F)(F)F)nc(N)n1. The van der Waals surface area contributed by atoms with Gasteiger partial charge >= 0.3 is 6.18 Å². The Bertz CT molecular complexity index is 599. The van der Waals surface area contributed by atoms with Gasteiger partial charge in [-0.15, -0.1) is 0 Å². The summed E-state index contributed by atoms with van der Waals surface area (Å²) >= 11 is 0. The second-order valence-corrected chi connectivity index (χ2v) is 3.70. The molecule has 0 spiro atoms. The number of nitrogen functional groups attached to an aromatic ring is 1. The molecule has 0 aliphatic heterocycles. The summed E-state index contributed by atoms with van der Waals surface area (Å²) < 4.78 is 43.6. The first kappa shape index (κ1) is 13.1. The molecule has 0 aliphatic carbocycles. The van der Waals surface area contributed by atoms with Crippen LogP contribution in [0, 0.1) is 0 Å². The molecule has 100 valence electrons. The van der Waals surface area contributed by atoms with Gasteiger partial charge in [0.15, 0.2) is 0 Å². The Morgan fingerprint density at radius 2 is 1.84 bits per heavy atom. The van der Waals surface area contributed by atoms with Crippen LogP contribution in [0.1, 0.15) is 5.56 Å². The Morgan fingerprint density at radius 3 is 2.47 bits per heavy atom. The highest BCUT2D eigenvalue weighted by Gasteiger charge is 2.33. The topological polar surface area (TPSA) is 61.0 Å². The van der Waals surface area contributed by atoms with Crippen molar-refractivity contribution < 1.29 is 17.9 Å². The summed E-state index contributed by atoms with van der Waals surface area (Å²) in [5, 5.41) is 0. The number of ether oxygens (including phenoxy) is 1. The standard InChI is InChI=1S/C12H10F3N3O/c1-19-10-6-9(17-11(16)18-10)7-4-2-3-5-8(7)12(13,14)15/h2-6H,1H3,(H2,16,17,18). The molecule has 19 heavy (non-hydrogen) atoms. The molecule has 0 amide bonds. The molecule has 0 saturated heterocycles. The summed E-state index contributed by atoms with van der Waals surface area (Å²) in [6.07, 6.45) is -4.47. The van der Waals surface area contributed by atoms with Gasteiger partial charge in [0.05, 0.1) is 18.4 Å². The number of halogens is 3. The van der Waals surface area contributed by atoms with Crippen molar-refractivity contribution in [2.45, 2.75) is 6.18 Å². The molecule has 0 saturated carbocycles. The Balaban J connectivity index is 2.62. The highest BCUT2D eigenvalue weighted by molar-refractivity contribution is 5.66. The van der Waals surface area contributed by atoms with Crippen molar-refractivity contribution in [3.8, 4) is 17.1 Å². The van der Waals surface area contributed by atoms with E-state index in [9.17, 15) is 13.2 Å². The second kappa shape index (κ2) is 4.75. The number of anilines is 1. The smallest absolute Gasteiger partial charge is 0.417 e. The Labute approximate surface area is 107 Å². The summed E-state index contributed by atoms with van der Waals surface area (Å²) in [5.74, 6) is -0.0363. The van der Waals surface area contributed by atoms with E-state index in [0.29, 0.717) is 0 Å². The van der Waals surface area contributed by atoms with Crippen LogP contribution in [-0.4, -0.2) is 17.1 Å². The molecule has 1 heterocycles. The van der Waals surface area contributed by atoms with Gasteiger partial charge in [0, 0.05) is 11.6 Å². The van der Waals surface area contributed by atoms with E-state index in [-0.39, 0.29) is 23.1 Å². The van der Waals surface area contributed by atoms with Gasteiger partial charge in [-0.25, -0.2) is 4.98 Å². The van der Waals surface area contributed by atoms with Crippen LogP contribution in [-0.2, 0) is 6.18 Å². The largest absolute Gasteiger partial charge is 0.481 e. The number of nitrogens with two attached hydrogens (primary N) is 1. The monoisotopic (exact) mass is 269 g/mol. The molecule has 0 aliphatic rings. The third-order valence-electron chi connectivity index (χ3n) is 2.44. The Hall–Kier alpha value is -2.31. The highest BCUT2D eigenvalue weighted by atomic mass is 19.4. The lowest BCUT2D eigenvalue weighted by atomic mass is 10.0. The van der Waals surface area contributed by atoms with Gasteiger partial charge in [0.2, 0.25) is 11.8 Å². The maximum Gasteiger partial charge on any atom is 0.417 e. The summed E-state index contributed by atoms with van der Waals surface area (Å²) in [6.45, 7) is 0. The van der Waals surface area contributed by atoms with Crippen molar-refractivity contribution in [1.82, 2.24) is 9.97 Å². The molecule has 0 atom stereocenters. The van der Waals surface area contributed by atoms with Crippen molar-refractivity contribution in [2.75, 3.05) is 12.8 Å². The molecule has 2 rings (SSSR count). The zero-order valence-corrected chi connectivity index (χ0v) is 9.90. The molecule has 1 aromatic heterocycles. The fraction of sp³-hybridized carbons (Fsp3) is 0.167. The minimum atomic E-state index is -4.47. The lowest BCUT2D eigenvalue weighted by Gasteiger charge is -2.12. The van der Waals surface area contributed by atoms with E-state index in [0.717, 1.165) is 6.07 Å². The number of aromatic nitrogens is 2. The highest BCUT2D eigenvalue weighted by Crippen LogP contribution is 2.36. The maximum absolute atomic E-state index is 12.9. The van der Waals surface area contributed by atoms with E-state index in [1.165, 1.54) is 31.4 Å².